The topological polar surface area (TPSA) is 58.2 Å². The Labute approximate surface area is 123 Å². The van der Waals surface area contributed by atoms with E-state index < -0.39 is 10.0 Å². The summed E-state index contributed by atoms with van der Waals surface area (Å²) in [6.07, 6.45) is 8.37. The molecule has 19 heavy (non-hydrogen) atoms. The van der Waals surface area contributed by atoms with Crippen LogP contribution in [0.25, 0.3) is 0 Å². The number of hydrogen-bond donors (Lipinski definition) is 2. The Morgan fingerprint density at radius 3 is 2.37 bits per heavy atom. The number of unbranched alkanes of at least 4 members (excludes halogenated alkanes) is 3. The van der Waals surface area contributed by atoms with Crippen molar-refractivity contribution in [2.24, 2.45) is 0 Å². The molecule has 116 valence electrons. The highest BCUT2D eigenvalue weighted by Gasteiger charge is 2.08. The first-order valence-electron chi connectivity index (χ1n) is 7.29. The van der Waals surface area contributed by atoms with Crippen molar-refractivity contribution in [3.8, 4) is 0 Å². The largest absolute Gasteiger partial charge is 0.317 e. The van der Waals surface area contributed by atoms with Gasteiger partial charge < -0.3 is 5.32 Å². The van der Waals surface area contributed by atoms with Crippen LogP contribution < -0.4 is 10.0 Å². The van der Waals surface area contributed by atoms with Crippen LogP contribution >= 0.6 is 11.8 Å². The lowest BCUT2D eigenvalue weighted by Gasteiger charge is -2.07. The molecule has 0 saturated heterocycles. The molecule has 0 fully saturated rings. The second-order valence-corrected chi connectivity index (χ2v) is 7.64. The normalized spacial score (nSPS) is 11.9. The van der Waals surface area contributed by atoms with Crippen molar-refractivity contribution in [1.82, 2.24) is 10.0 Å². The minimum Gasteiger partial charge on any atom is -0.317 e. The van der Waals surface area contributed by atoms with Gasteiger partial charge in [0.05, 0.1) is 5.75 Å². The lowest BCUT2D eigenvalue weighted by atomic mass is 10.2. The van der Waals surface area contributed by atoms with E-state index in [4.69, 9.17) is 0 Å². The van der Waals surface area contributed by atoms with Crippen molar-refractivity contribution >= 4 is 21.8 Å². The van der Waals surface area contributed by atoms with Crippen LogP contribution in [0.2, 0.25) is 0 Å². The molecule has 0 aromatic heterocycles. The molecule has 0 aromatic carbocycles. The summed E-state index contributed by atoms with van der Waals surface area (Å²) in [6, 6.07) is 0. The average molecular weight is 311 g/mol. The van der Waals surface area contributed by atoms with Crippen LogP contribution in [-0.4, -0.2) is 45.8 Å². The Balaban J connectivity index is 3.41. The fourth-order valence-electron chi connectivity index (χ4n) is 1.71. The molecule has 6 heteroatoms. The Hall–Kier alpha value is 0.220. The molecule has 2 N–H and O–H groups in total. The van der Waals surface area contributed by atoms with E-state index in [0.717, 1.165) is 32.4 Å². The summed E-state index contributed by atoms with van der Waals surface area (Å²) in [4.78, 5) is 0. The summed E-state index contributed by atoms with van der Waals surface area (Å²) in [5, 5.41) is 3.21. The maximum Gasteiger partial charge on any atom is 0.211 e. The smallest absolute Gasteiger partial charge is 0.211 e. The molecule has 0 amide bonds. The summed E-state index contributed by atoms with van der Waals surface area (Å²) in [7, 11) is -3.06. The predicted octanol–water partition coefficient (Wildman–Crippen LogP) is 2.22. The zero-order valence-corrected chi connectivity index (χ0v) is 14.0. The number of rotatable bonds is 14. The molecule has 0 saturated carbocycles. The van der Waals surface area contributed by atoms with Gasteiger partial charge in [-0.05, 0) is 50.8 Å². The van der Waals surface area contributed by atoms with Crippen LogP contribution in [0.3, 0.4) is 0 Å². The van der Waals surface area contributed by atoms with Gasteiger partial charge >= 0.3 is 0 Å². The quantitative estimate of drug-likeness (QED) is 0.483. The Morgan fingerprint density at radius 2 is 1.68 bits per heavy atom. The van der Waals surface area contributed by atoms with E-state index in [1.165, 1.54) is 18.6 Å². The van der Waals surface area contributed by atoms with Crippen LogP contribution in [0.1, 0.15) is 45.4 Å². The molecule has 0 aromatic rings. The van der Waals surface area contributed by atoms with Crippen molar-refractivity contribution in [3.05, 3.63) is 0 Å². The van der Waals surface area contributed by atoms with Crippen molar-refractivity contribution < 1.29 is 8.42 Å². The van der Waals surface area contributed by atoms with E-state index in [9.17, 15) is 8.42 Å². The zero-order chi connectivity index (χ0) is 14.4. The summed E-state index contributed by atoms with van der Waals surface area (Å²) >= 11 is 1.87. The van der Waals surface area contributed by atoms with Gasteiger partial charge in [0.2, 0.25) is 10.0 Å². The third kappa shape index (κ3) is 14.4. The van der Waals surface area contributed by atoms with Gasteiger partial charge in [-0.2, -0.15) is 11.8 Å². The monoisotopic (exact) mass is 310 g/mol. The predicted molar refractivity (Wildman–Crippen MR) is 86.4 cm³/mol. The first-order chi connectivity index (χ1) is 9.12. The molecule has 0 aliphatic rings. The van der Waals surface area contributed by atoms with Crippen molar-refractivity contribution in [2.75, 3.05) is 37.4 Å². The van der Waals surface area contributed by atoms with E-state index in [0.29, 0.717) is 13.0 Å². The van der Waals surface area contributed by atoms with Gasteiger partial charge in [-0.25, -0.2) is 13.1 Å². The second kappa shape index (κ2) is 13.2. The number of nitrogens with one attached hydrogen (secondary N) is 2. The molecule has 0 aliphatic heterocycles. The standard InChI is InChI=1S/C13H30N2O2S2/c1-3-9-14-10-8-13-19(16,17)15-11-6-4-5-7-12-18-2/h14-15H,3-13H2,1-2H3. The molecular formula is C13H30N2O2S2. The van der Waals surface area contributed by atoms with E-state index in [2.05, 4.69) is 23.2 Å². The van der Waals surface area contributed by atoms with Crippen LogP contribution in [0.4, 0.5) is 0 Å². The van der Waals surface area contributed by atoms with Gasteiger partial charge in [-0.15, -0.1) is 0 Å². The van der Waals surface area contributed by atoms with Gasteiger partial charge in [0, 0.05) is 6.54 Å². The minimum atomic E-state index is -3.06. The van der Waals surface area contributed by atoms with Crippen LogP contribution in [0.15, 0.2) is 0 Å². The fourth-order valence-corrected chi connectivity index (χ4v) is 3.33. The van der Waals surface area contributed by atoms with Crippen molar-refractivity contribution in [2.45, 2.75) is 45.4 Å². The number of thioether (sulfide) groups is 1. The molecule has 0 spiro atoms. The Kier molecular flexibility index (Phi) is 13.4. The highest BCUT2D eigenvalue weighted by Crippen LogP contribution is 2.04. The molecule has 0 unspecified atom stereocenters. The molecule has 0 bridgehead atoms. The molecule has 0 aliphatic carbocycles. The fraction of sp³-hybridized carbons (Fsp3) is 1.00. The summed E-state index contributed by atoms with van der Waals surface area (Å²) in [5.74, 6) is 1.44. The SMILES string of the molecule is CCCNCCCS(=O)(=O)NCCCCCCSC. The van der Waals surface area contributed by atoms with E-state index in [-0.39, 0.29) is 5.75 Å². The molecule has 0 radical (unpaired) electrons. The van der Waals surface area contributed by atoms with Crippen molar-refractivity contribution in [1.29, 1.82) is 0 Å². The van der Waals surface area contributed by atoms with Gasteiger partial charge in [-0.3, -0.25) is 0 Å². The third-order valence-corrected chi connectivity index (χ3v) is 4.96. The van der Waals surface area contributed by atoms with Gasteiger partial charge in [-0.1, -0.05) is 19.8 Å². The molecule has 4 nitrogen and oxygen atoms in total. The average Bonchev–Trinajstić information content (AvgIpc) is 2.37. The van der Waals surface area contributed by atoms with Gasteiger partial charge in [0.1, 0.15) is 0 Å². The summed E-state index contributed by atoms with van der Waals surface area (Å²) < 4.78 is 26.0. The first kappa shape index (κ1) is 19.2. The number of hydrogen-bond acceptors (Lipinski definition) is 4. The van der Waals surface area contributed by atoms with Crippen molar-refractivity contribution in [3.63, 3.8) is 0 Å². The van der Waals surface area contributed by atoms with Gasteiger partial charge in [0.15, 0.2) is 0 Å². The van der Waals surface area contributed by atoms with Crippen LogP contribution in [0.5, 0.6) is 0 Å². The molecular weight excluding hydrogens is 280 g/mol. The van der Waals surface area contributed by atoms with E-state index in [1.807, 2.05) is 11.8 Å². The lowest BCUT2D eigenvalue weighted by Crippen LogP contribution is -2.29. The summed E-state index contributed by atoms with van der Waals surface area (Å²) in [5.41, 5.74) is 0. The maximum absolute atomic E-state index is 11.7. The zero-order valence-electron chi connectivity index (χ0n) is 12.4. The second-order valence-electron chi connectivity index (χ2n) is 4.72. The van der Waals surface area contributed by atoms with Gasteiger partial charge in [0.25, 0.3) is 0 Å². The van der Waals surface area contributed by atoms with E-state index >= 15 is 0 Å². The van der Waals surface area contributed by atoms with E-state index in [1.54, 1.807) is 0 Å². The lowest BCUT2D eigenvalue weighted by molar-refractivity contribution is 0.568. The Bertz CT molecular complexity index is 282. The Morgan fingerprint density at radius 1 is 0.947 bits per heavy atom. The summed E-state index contributed by atoms with van der Waals surface area (Å²) in [6.45, 7) is 4.43. The third-order valence-electron chi connectivity index (χ3n) is 2.79. The molecule has 0 atom stereocenters. The molecule has 0 rings (SSSR count). The number of sulfonamides is 1. The van der Waals surface area contributed by atoms with Crippen LogP contribution in [-0.2, 0) is 10.0 Å². The maximum atomic E-state index is 11.7. The molecule has 0 heterocycles. The highest BCUT2D eigenvalue weighted by atomic mass is 32.2. The highest BCUT2D eigenvalue weighted by molar-refractivity contribution is 7.98. The first-order valence-corrected chi connectivity index (χ1v) is 10.3. The van der Waals surface area contributed by atoms with Crippen LogP contribution in [0, 0.1) is 0 Å². The minimum absolute atomic E-state index is 0.232.